The van der Waals surface area contributed by atoms with Gasteiger partial charge >= 0.3 is 0 Å². The molecule has 0 radical (unpaired) electrons. The zero-order valence-corrected chi connectivity index (χ0v) is 35.5. The first kappa shape index (κ1) is 36.1. The fraction of sp³-hybridized carbons (Fsp3) is 0.0159. The average Bonchev–Trinajstić information content (AvgIpc) is 3.87. The second-order valence-corrected chi connectivity index (χ2v) is 17.6. The Morgan fingerprint density at radius 2 is 0.877 bits per heavy atom. The Morgan fingerprint density at radius 1 is 0.323 bits per heavy atom. The van der Waals surface area contributed by atoms with E-state index in [0.717, 1.165) is 17.1 Å². The molecule has 0 N–H and O–H groups in total. The van der Waals surface area contributed by atoms with Crippen molar-refractivity contribution in [3.63, 3.8) is 0 Å². The summed E-state index contributed by atoms with van der Waals surface area (Å²) < 4.78 is 2.52. The molecule has 14 rings (SSSR count). The molecule has 1 atom stereocenters. The van der Waals surface area contributed by atoms with Gasteiger partial charge in [0.25, 0.3) is 0 Å². The number of anilines is 3. The van der Waals surface area contributed by atoms with Crippen LogP contribution in [0.25, 0.3) is 82.4 Å². The Hall–Kier alpha value is -8.46. The first-order valence-electron chi connectivity index (χ1n) is 22.6. The maximum Gasteiger partial charge on any atom is 0.0754 e. The zero-order valence-electron chi connectivity index (χ0n) is 35.5. The highest BCUT2D eigenvalue weighted by atomic mass is 15.1. The minimum atomic E-state index is -0.511. The van der Waals surface area contributed by atoms with Crippen LogP contribution in [0, 0.1) is 0 Å². The fourth-order valence-electron chi connectivity index (χ4n) is 11.6. The summed E-state index contributed by atoms with van der Waals surface area (Å²) in [7, 11) is 0. The van der Waals surface area contributed by atoms with E-state index in [4.69, 9.17) is 0 Å². The van der Waals surface area contributed by atoms with Gasteiger partial charge in [-0.2, -0.15) is 0 Å². The van der Waals surface area contributed by atoms with Crippen LogP contribution in [-0.4, -0.2) is 4.57 Å². The molecule has 1 unspecified atom stereocenters. The number of para-hydroxylation sites is 3. The summed E-state index contributed by atoms with van der Waals surface area (Å²) in [5.41, 5.74) is 19.3. The van der Waals surface area contributed by atoms with E-state index in [9.17, 15) is 0 Å². The Labute approximate surface area is 377 Å². The second kappa shape index (κ2) is 13.8. The standard InChI is InChI=1S/C63H40N2/c1-2-15-41(16-3-1)42-29-31-43(32-30-42)44-33-35-46(36-34-44)64(61-39-45-17-4-5-18-48(45)49-19-6-7-21-51(49)61)47-37-38-56-54(40-47)50-20-8-10-24-55(50)63(56)57-25-11-13-28-60(57)65-59-27-12-9-22-52(59)53-23-14-26-58(63)62(53)65/h1-40H. The quantitative estimate of drug-likeness (QED) is 0.157. The second-order valence-electron chi connectivity index (χ2n) is 17.6. The van der Waals surface area contributed by atoms with Gasteiger partial charge in [-0.15, -0.1) is 0 Å². The molecule has 0 saturated carbocycles. The molecule has 0 saturated heterocycles. The number of benzene rings is 11. The van der Waals surface area contributed by atoms with Crippen LogP contribution in [0.4, 0.5) is 17.1 Å². The smallest absolute Gasteiger partial charge is 0.0754 e. The molecule has 1 aromatic heterocycles. The Balaban J connectivity index is 0.995. The zero-order chi connectivity index (χ0) is 42.6. The van der Waals surface area contributed by atoms with Crippen molar-refractivity contribution in [2.24, 2.45) is 0 Å². The molecule has 0 amide bonds. The fourth-order valence-corrected chi connectivity index (χ4v) is 11.6. The third-order valence-electron chi connectivity index (χ3n) is 14.4. The van der Waals surface area contributed by atoms with Gasteiger partial charge in [0.2, 0.25) is 0 Å². The van der Waals surface area contributed by atoms with E-state index in [2.05, 4.69) is 252 Å². The maximum absolute atomic E-state index is 2.52. The molecule has 0 fully saturated rings. The molecule has 2 aliphatic rings. The van der Waals surface area contributed by atoms with Crippen molar-refractivity contribution in [2.75, 3.05) is 4.90 Å². The average molecular weight is 825 g/mol. The highest BCUT2D eigenvalue weighted by Crippen LogP contribution is 2.61. The van der Waals surface area contributed by atoms with Crippen molar-refractivity contribution in [1.29, 1.82) is 0 Å². The minimum Gasteiger partial charge on any atom is -0.310 e. The van der Waals surface area contributed by atoms with Gasteiger partial charge in [0.05, 0.1) is 27.8 Å². The predicted octanol–water partition coefficient (Wildman–Crippen LogP) is 16.6. The number of hydrogen-bond donors (Lipinski definition) is 0. The van der Waals surface area contributed by atoms with Crippen molar-refractivity contribution in [3.05, 3.63) is 265 Å². The lowest BCUT2D eigenvalue weighted by Crippen LogP contribution is -2.33. The van der Waals surface area contributed by atoms with Crippen LogP contribution in [0.3, 0.4) is 0 Å². The predicted molar refractivity (Wildman–Crippen MR) is 272 cm³/mol. The minimum absolute atomic E-state index is 0.511. The van der Waals surface area contributed by atoms with Crippen LogP contribution >= 0.6 is 0 Å². The lowest BCUT2D eigenvalue weighted by molar-refractivity contribution is 0.748. The number of nitrogens with zero attached hydrogens (tertiary/aromatic N) is 2. The molecule has 11 aromatic carbocycles. The molecule has 65 heavy (non-hydrogen) atoms. The largest absolute Gasteiger partial charge is 0.310 e. The SMILES string of the molecule is c1ccc(-c2ccc(-c3ccc(N(c4ccc5c(c4)-c4ccccc4C54c5ccccc5-n5c6ccccc6c6cccc4c65)c4cc5ccccc5c5ccccc45)cc3)cc2)cc1. The van der Waals surface area contributed by atoms with Crippen LogP contribution in [-0.2, 0) is 5.41 Å². The van der Waals surface area contributed by atoms with Crippen molar-refractivity contribution < 1.29 is 0 Å². The van der Waals surface area contributed by atoms with Crippen LogP contribution in [0.15, 0.2) is 243 Å². The number of rotatable bonds is 5. The maximum atomic E-state index is 2.52. The first-order valence-corrected chi connectivity index (χ1v) is 22.6. The van der Waals surface area contributed by atoms with Crippen LogP contribution in [0.5, 0.6) is 0 Å². The Morgan fingerprint density at radius 3 is 1.68 bits per heavy atom. The van der Waals surface area contributed by atoms with E-state index >= 15 is 0 Å². The first-order chi connectivity index (χ1) is 32.3. The van der Waals surface area contributed by atoms with E-state index in [0.29, 0.717) is 0 Å². The van der Waals surface area contributed by atoms with Gasteiger partial charge in [-0.05, 0) is 114 Å². The summed E-state index contributed by atoms with van der Waals surface area (Å²) in [6.45, 7) is 0. The summed E-state index contributed by atoms with van der Waals surface area (Å²) in [4.78, 5) is 2.48. The van der Waals surface area contributed by atoms with Gasteiger partial charge in [0.1, 0.15) is 0 Å². The van der Waals surface area contributed by atoms with Crippen molar-refractivity contribution in [2.45, 2.75) is 5.41 Å². The molecule has 2 heterocycles. The number of aromatic nitrogens is 1. The van der Waals surface area contributed by atoms with E-state index in [1.165, 1.54) is 105 Å². The summed E-state index contributed by atoms with van der Waals surface area (Å²) >= 11 is 0. The summed E-state index contributed by atoms with van der Waals surface area (Å²) in [5, 5.41) is 7.51. The highest BCUT2D eigenvalue weighted by molar-refractivity contribution is 6.15. The molecule has 2 heteroatoms. The number of fused-ring (bicyclic) bond motifs is 15. The molecular weight excluding hydrogens is 785 g/mol. The van der Waals surface area contributed by atoms with Crippen LogP contribution in [0.2, 0.25) is 0 Å². The highest BCUT2D eigenvalue weighted by Gasteiger charge is 2.50. The third kappa shape index (κ3) is 5.05. The van der Waals surface area contributed by atoms with Gasteiger partial charge in [0.15, 0.2) is 0 Å². The van der Waals surface area contributed by atoms with Gasteiger partial charge < -0.3 is 9.47 Å². The van der Waals surface area contributed by atoms with Crippen LogP contribution < -0.4 is 4.90 Å². The molecular formula is C63H40N2. The molecule has 1 aliphatic carbocycles. The van der Waals surface area contributed by atoms with Gasteiger partial charge in [-0.25, -0.2) is 0 Å². The Bertz CT molecular complexity index is 3880. The van der Waals surface area contributed by atoms with Crippen LogP contribution in [0.1, 0.15) is 22.3 Å². The van der Waals surface area contributed by atoms with Crippen molar-refractivity contribution >= 4 is 60.4 Å². The Kier molecular flexibility index (Phi) is 7.64. The molecule has 12 aromatic rings. The number of hydrogen-bond acceptors (Lipinski definition) is 1. The summed E-state index contributed by atoms with van der Waals surface area (Å²) in [6, 6.07) is 90.1. The lowest BCUT2D eigenvalue weighted by Gasteiger charge is -2.39. The van der Waals surface area contributed by atoms with E-state index in [1.807, 2.05) is 0 Å². The molecule has 2 nitrogen and oxygen atoms in total. The molecule has 1 aliphatic heterocycles. The molecule has 0 bridgehead atoms. The normalized spacial score (nSPS) is 14.5. The van der Waals surface area contributed by atoms with Crippen molar-refractivity contribution in [3.8, 4) is 39.1 Å². The van der Waals surface area contributed by atoms with Crippen molar-refractivity contribution in [1.82, 2.24) is 4.57 Å². The van der Waals surface area contributed by atoms with E-state index in [1.54, 1.807) is 0 Å². The van der Waals surface area contributed by atoms with Gasteiger partial charge in [-0.3, -0.25) is 0 Å². The van der Waals surface area contributed by atoms with Gasteiger partial charge in [0, 0.05) is 27.5 Å². The molecule has 302 valence electrons. The van der Waals surface area contributed by atoms with Gasteiger partial charge in [-0.1, -0.05) is 200 Å². The third-order valence-corrected chi connectivity index (χ3v) is 14.4. The topological polar surface area (TPSA) is 8.17 Å². The van der Waals surface area contributed by atoms with E-state index < -0.39 is 5.41 Å². The summed E-state index contributed by atoms with van der Waals surface area (Å²) in [6.07, 6.45) is 0. The lowest BCUT2D eigenvalue weighted by atomic mass is 9.65. The van der Waals surface area contributed by atoms with E-state index in [-0.39, 0.29) is 0 Å². The summed E-state index contributed by atoms with van der Waals surface area (Å²) in [5.74, 6) is 0. The molecule has 1 spiro atoms. The monoisotopic (exact) mass is 824 g/mol.